The number of hydrogen-bond acceptors (Lipinski definition) is 3. The van der Waals surface area contributed by atoms with Crippen LogP contribution in [0.4, 0.5) is 0 Å². The van der Waals surface area contributed by atoms with Gasteiger partial charge in [-0.3, -0.25) is 4.98 Å². The molecule has 0 amide bonds. The van der Waals surface area contributed by atoms with Gasteiger partial charge in [0.1, 0.15) is 0 Å². The van der Waals surface area contributed by atoms with Crippen molar-refractivity contribution in [2.45, 2.75) is 19.4 Å². The molecule has 0 aliphatic heterocycles. The van der Waals surface area contributed by atoms with E-state index in [4.69, 9.17) is 4.74 Å². The molecule has 1 atom stereocenters. The second-order valence-corrected chi connectivity index (χ2v) is 3.31. The van der Waals surface area contributed by atoms with Gasteiger partial charge in [-0.1, -0.05) is 6.07 Å². The Balaban J connectivity index is 2.25. The molecule has 14 heavy (non-hydrogen) atoms. The quantitative estimate of drug-likeness (QED) is 0.701. The van der Waals surface area contributed by atoms with Crippen LogP contribution < -0.4 is 5.32 Å². The molecule has 0 radical (unpaired) electrons. The fourth-order valence-corrected chi connectivity index (χ4v) is 1.29. The number of nitrogens with one attached hydrogen (secondary N) is 1. The molecule has 0 bridgehead atoms. The van der Waals surface area contributed by atoms with E-state index < -0.39 is 0 Å². The Morgan fingerprint density at radius 3 is 3.07 bits per heavy atom. The Bertz CT molecular complexity index is 238. The molecular formula is C11H18N2O. The van der Waals surface area contributed by atoms with Crippen LogP contribution in [0.3, 0.4) is 0 Å². The van der Waals surface area contributed by atoms with E-state index in [1.165, 1.54) is 5.56 Å². The van der Waals surface area contributed by atoms with Gasteiger partial charge < -0.3 is 10.1 Å². The SMILES string of the molecule is COCCCN[C@H](C)c1cccnc1. The summed E-state index contributed by atoms with van der Waals surface area (Å²) in [7, 11) is 1.73. The lowest BCUT2D eigenvalue weighted by Crippen LogP contribution is -2.20. The van der Waals surface area contributed by atoms with Crippen LogP contribution >= 0.6 is 0 Å². The zero-order valence-electron chi connectivity index (χ0n) is 8.86. The molecule has 0 aromatic carbocycles. The summed E-state index contributed by atoms with van der Waals surface area (Å²) < 4.78 is 4.98. The summed E-state index contributed by atoms with van der Waals surface area (Å²) >= 11 is 0. The van der Waals surface area contributed by atoms with Crippen molar-refractivity contribution in [3.8, 4) is 0 Å². The molecule has 0 saturated heterocycles. The molecule has 3 nitrogen and oxygen atoms in total. The van der Waals surface area contributed by atoms with Gasteiger partial charge in [0.2, 0.25) is 0 Å². The Hall–Kier alpha value is -0.930. The number of hydrogen-bond donors (Lipinski definition) is 1. The van der Waals surface area contributed by atoms with Crippen molar-refractivity contribution in [2.24, 2.45) is 0 Å². The number of rotatable bonds is 6. The first-order valence-corrected chi connectivity index (χ1v) is 4.97. The lowest BCUT2D eigenvalue weighted by molar-refractivity contribution is 0.193. The highest BCUT2D eigenvalue weighted by Crippen LogP contribution is 2.08. The standard InChI is InChI=1S/C11H18N2O/c1-10(13-7-4-8-14-2)11-5-3-6-12-9-11/h3,5-6,9-10,13H,4,7-8H2,1-2H3/t10-/m1/s1. The predicted octanol–water partition coefficient (Wildman–Crippen LogP) is 1.77. The van der Waals surface area contributed by atoms with Crippen molar-refractivity contribution in [3.63, 3.8) is 0 Å². The fourth-order valence-electron chi connectivity index (χ4n) is 1.29. The second kappa shape index (κ2) is 6.51. The van der Waals surface area contributed by atoms with Crippen molar-refractivity contribution >= 4 is 0 Å². The largest absolute Gasteiger partial charge is 0.385 e. The minimum absolute atomic E-state index is 0.362. The maximum Gasteiger partial charge on any atom is 0.0474 e. The number of aromatic nitrogens is 1. The van der Waals surface area contributed by atoms with E-state index in [2.05, 4.69) is 23.3 Å². The summed E-state index contributed by atoms with van der Waals surface area (Å²) in [5.41, 5.74) is 1.23. The van der Waals surface area contributed by atoms with Gasteiger partial charge in [0.05, 0.1) is 0 Å². The molecule has 1 aromatic heterocycles. The molecule has 1 rings (SSSR count). The third-order valence-electron chi connectivity index (χ3n) is 2.16. The molecule has 0 fully saturated rings. The van der Waals surface area contributed by atoms with Crippen molar-refractivity contribution in [1.82, 2.24) is 10.3 Å². The highest BCUT2D eigenvalue weighted by Gasteiger charge is 2.02. The lowest BCUT2D eigenvalue weighted by Gasteiger charge is -2.13. The predicted molar refractivity (Wildman–Crippen MR) is 57.1 cm³/mol. The van der Waals surface area contributed by atoms with Crippen LogP contribution in [0, 0.1) is 0 Å². The van der Waals surface area contributed by atoms with E-state index in [1.54, 1.807) is 13.3 Å². The summed E-state index contributed by atoms with van der Waals surface area (Å²) in [6, 6.07) is 4.41. The van der Waals surface area contributed by atoms with Gasteiger partial charge in [-0.05, 0) is 31.5 Å². The van der Waals surface area contributed by atoms with Crippen LogP contribution in [0.1, 0.15) is 24.9 Å². The Kier molecular flexibility index (Phi) is 5.19. The van der Waals surface area contributed by atoms with Crippen molar-refractivity contribution < 1.29 is 4.74 Å². The summed E-state index contributed by atoms with van der Waals surface area (Å²) in [4.78, 5) is 4.09. The minimum atomic E-state index is 0.362. The van der Waals surface area contributed by atoms with Gasteiger partial charge in [-0.2, -0.15) is 0 Å². The molecule has 0 aliphatic carbocycles. The first kappa shape index (κ1) is 11.1. The van der Waals surface area contributed by atoms with Gasteiger partial charge in [-0.25, -0.2) is 0 Å². The summed E-state index contributed by atoms with van der Waals surface area (Å²) in [5, 5.41) is 3.41. The van der Waals surface area contributed by atoms with E-state index in [1.807, 2.05) is 12.3 Å². The first-order chi connectivity index (χ1) is 6.84. The average Bonchev–Trinajstić information content (AvgIpc) is 2.25. The van der Waals surface area contributed by atoms with Gasteiger partial charge in [0, 0.05) is 32.2 Å². The van der Waals surface area contributed by atoms with E-state index in [-0.39, 0.29) is 0 Å². The third kappa shape index (κ3) is 3.85. The number of methoxy groups -OCH3 is 1. The van der Waals surface area contributed by atoms with E-state index in [0.717, 1.165) is 19.6 Å². The Labute approximate surface area is 85.5 Å². The zero-order chi connectivity index (χ0) is 10.2. The summed E-state index contributed by atoms with van der Waals surface area (Å²) in [6.45, 7) is 3.93. The molecule has 0 saturated carbocycles. The first-order valence-electron chi connectivity index (χ1n) is 4.97. The molecular weight excluding hydrogens is 176 g/mol. The van der Waals surface area contributed by atoms with E-state index in [9.17, 15) is 0 Å². The van der Waals surface area contributed by atoms with E-state index >= 15 is 0 Å². The number of nitrogens with zero attached hydrogens (tertiary/aromatic N) is 1. The highest BCUT2D eigenvalue weighted by molar-refractivity contribution is 5.12. The van der Waals surface area contributed by atoms with Gasteiger partial charge in [-0.15, -0.1) is 0 Å². The van der Waals surface area contributed by atoms with Crippen molar-refractivity contribution in [3.05, 3.63) is 30.1 Å². The maximum atomic E-state index is 4.98. The van der Waals surface area contributed by atoms with Crippen LogP contribution in [-0.4, -0.2) is 25.2 Å². The Morgan fingerprint density at radius 2 is 2.43 bits per heavy atom. The molecule has 78 valence electrons. The summed E-state index contributed by atoms with van der Waals surface area (Å²) in [6.07, 6.45) is 4.73. The number of pyridine rings is 1. The van der Waals surface area contributed by atoms with Gasteiger partial charge >= 0.3 is 0 Å². The third-order valence-corrected chi connectivity index (χ3v) is 2.16. The molecule has 3 heteroatoms. The minimum Gasteiger partial charge on any atom is -0.385 e. The number of ether oxygens (including phenoxy) is 1. The van der Waals surface area contributed by atoms with Crippen LogP contribution in [0.25, 0.3) is 0 Å². The molecule has 1 aromatic rings. The molecule has 0 aliphatic rings. The zero-order valence-corrected chi connectivity index (χ0v) is 8.86. The molecule has 1 heterocycles. The van der Waals surface area contributed by atoms with Crippen molar-refractivity contribution in [2.75, 3.05) is 20.3 Å². The maximum absolute atomic E-state index is 4.98. The van der Waals surface area contributed by atoms with Crippen LogP contribution in [-0.2, 0) is 4.74 Å². The molecule has 1 N–H and O–H groups in total. The van der Waals surface area contributed by atoms with Crippen LogP contribution in [0.15, 0.2) is 24.5 Å². The molecule has 0 unspecified atom stereocenters. The molecule has 0 spiro atoms. The smallest absolute Gasteiger partial charge is 0.0474 e. The van der Waals surface area contributed by atoms with E-state index in [0.29, 0.717) is 6.04 Å². The monoisotopic (exact) mass is 194 g/mol. The van der Waals surface area contributed by atoms with Gasteiger partial charge in [0.25, 0.3) is 0 Å². The topological polar surface area (TPSA) is 34.1 Å². The van der Waals surface area contributed by atoms with Crippen LogP contribution in [0.2, 0.25) is 0 Å². The van der Waals surface area contributed by atoms with Crippen molar-refractivity contribution in [1.29, 1.82) is 0 Å². The average molecular weight is 194 g/mol. The Morgan fingerprint density at radius 1 is 1.57 bits per heavy atom. The normalized spacial score (nSPS) is 12.7. The summed E-state index contributed by atoms with van der Waals surface area (Å²) in [5.74, 6) is 0. The van der Waals surface area contributed by atoms with Crippen LogP contribution in [0.5, 0.6) is 0 Å². The highest BCUT2D eigenvalue weighted by atomic mass is 16.5. The second-order valence-electron chi connectivity index (χ2n) is 3.31. The van der Waals surface area contributed by atoms with Gasteiger partial charge in [0.15, 0.2) is 0 Å². The fraction of sp³-hybridized carbons (Fsp3) is 0.545. The lowest BCUT2D eigenvalue weighted by atomic mass is 10.1.